The summed E-state index contributed by atoms with van der Waals surface area (Å²) < 4.78 is 0. The molecule has 20 heavy (non-hydrogen) atoms. The molecule has 0 radical (unpaired) electrons. The van der Waals surface area contributed by atoms with Crippen molar-refractivity contribution in [2.24, 2.45) is 5.41 Å². The van der Waals surface area contributed by atoms with Crippen LogP contribution in [0.4, 0.5) is 0 Å². The van der Waals surface area contributed by atoms with Gasteiger partial charge in [0.25, 0.3) is 0 Å². The number of nitrogens with zero attached hydrogens (tertiary/aromatic N) is 3. The van der Waals surface area contributed by atoms with Gasteiger partial charge in [0.1, 0.15) is 5.01 Å². The zero-order valence-corrected chi connectivity index (χ0v) is 13.1. The van der Waals surface area contributed by atoms with Crippen molar-refractivity contribution in [2.75, 3.05) is 32.7 Å². The smallest absolute Gasteiger partial charge is 0.112 e. The minimum Gasteiger partial charge on any atom is -0.387 e. The van der Waals surface area contributed by atoms with E-state index in [9.17, 15) is 5.11 Å². The summed E-state index contributed by atoms with van der Waals surface area (Å²) in [6, 6.07) is 0.461. The summed E-state index contributed by atoms with van der Waals surface area (Å²) in [7, 11) is 0. The molecule has 1 aromatic heterocycles. The Kier molecular flexibility index (Phi) is 2.97. The first-order valence-electron chi connectivity index (χ1n) is 7.66. The molecule has 5 rings (SSSR count). The average Bonchev–Trinajstić information content (AvgIpc) is 2.82. The molecular weight excluding hydrogens is 270 g/mol. The summed E-state index contributed by atoms with van der Waals surface area (Å²) in [6.45, 7) is 10.3. The molecule has 4 heterocycles. The van der Waals surface area contributed by atoms with Gasteiger partial charge in [-0.3, -0.25) is 9.80 Å². The van der Waals surface area contributed by atoms with Gasteiger partial charge in [-0.1, -0.05) is 13.8 Å². The van der Waals surface area contributed by atoms with Crippen LogP contribution in [0.1, 0.15) is 48.0 Å². The van der Waals surface area contributed by atoms with Crippen molar-refractivity contribution in [1.82, 2.24) is 14.8 Å². The molecule has 2 atom stereocenters. The van der Waals surface area contributed by atoms with Crippen molar-refractivity contribution in [3.63, 3.8) is 0 Å². The Hall–Kier alpha value is -0.490. The molecule has 2 bridgehead atoms. The predicted octanol–water partition coefficient (Wildman–Crippen LogP) is 1.82. The van der Waals surface area contributed by atoms with Crippen molar-refractivity contribution in [3.05, 3.63) is 15.6 Å². The molecule has 3 saturated heterocycles. The Balaban J connectivity index is 1.65. The number of aromatic nitrogens is 1. The maximum atomic E-state index is 10.4. The van der Waals surface area contributed by atoms with E-state index in [1.165, 1.54) is 31.2 Å². The second kappa shape index (κ2) is 4.50. The molecule has 0 aromatic carbocycles. The van der Waals surface area contributed by atoms with E-state index in [1.807, 2.05) is 0 Å². The van der Waals surface area contributed by atoms with E-state index in [0.717, 1.165) is 30.0 Å². The van der Waals surface area contributed by atoms with E-state index >= 15 is 0 Å². The molecule has 4 aliphatic rings. The van der Waals surface area contributed by atoms with Gasteiger partial charge in [-0.2, -0.15) is 0 Å². The first-order chi connectivity index (χ1) is 9.52. The SMILES string of the molecule is CC1(C)Cc2nc(C3CN4CCN3CC4)sc2C(O)C1. The summed E-state index contributed by atoms with van der Waals surface area (Å²) in [6.07, 6.45) is 1.56. The highest BCUT2D eigenvalue weighted by atomic mass is 32.1. The zero-order chi connectivity index (χ0) is 13.9. The van der Waals surface area contributed by atoms with Crippen LogP contribution < -0.4 is 0 Å². The number of hydrogen-bond acceptors (Lipinski definition) is 5. The normalized spacial score (nSPS) is 38.8. The molecule has 1 aliphatic carbocycles. The second-order valence-electron chi connectivity index (χ2n) is 7.28. The molecular formula is C15H23N3OS. The van der Waals surface area contributed by atoms with Crippen LogP contribution in [0.5, 0.6) is 0 Å². The van der Waals surface area contributed by atoms with E-state index in [1.54, 1.807) is 11.3 Å². The van der Waals surface area contributed by atoms with Crippen LogP contribution >= 0.6 is 11.3 Å². The molecule has 1 aromatic rings. The molecule has 3 aliphatic heterocycles. The van der Waals surface area contributed by atoms with Gasteiger partial charge in [0.15, 0.2) is 0 Å². The van der Waals surface area contributed by atoms with Crippen molar-refractivity contribution in [1.29, 1.82) is 0 Å². The Morgan fingerprint density at radius 3 is 2.65 bits per heavy atom. The number of thiazole rings is 1. The van der Waals surface area contributed by atoms with Gasteiger partial charge in [0, 0.05) is 32.7 Å². The minimum absolute atomic E-state index is 0.174. The predicted molar refractivity (Wildman–Crippen MR) is 79.9 cm³/mol. The van der Waals surface area contributed by atoms with Crippen LogP contribution in [0.25, 0.3) is 0 Å². The second-order valence-corrected chi connectivity index (χ2v) is 8.34. The van der Waals surface area contributed by atoms with Crippen LogP contribution in [-0.2, 0) is 6.42 Å². The average molecular weight is 293 g/mol. The summed E-state index contributed by atoms with van der Waals surface area (Å²) >= 11 is 1.76. The fourth-order valence-electron chi connectivity index (χ4n) is 3.91. The molecule has 110 valence electrons. The van der Waals surface area contributed by atoms with Crippen LogP contribution in [0.2, 0.25) is 0 Å². The molecule has 0 saturated carbocycles. The summed E-state index contributed by atoms with van der Waals surface area (Å²) in [4.78, 5) is 11.2. The van der Waals surface area contributed by atoms with Crippen molar-refractivity contribution in [2.45, 2.75) is 38.8 Å². The van der Waals surface area contributed by atoms with Gasteiger partial charge in [-0.15, -0.1) is 11.3 Å². The number of rotatable bonds is 1. The van der Waals surface area contributed by atoms with E-state index in [-0.39, 0.29) is 11.5 Å². The monoisotopic (exact) mass is 293 g/mol. The number of aliphatic hydroxyl groups is 1. The third kappa shape index (κ3) is 2.11. The fraction of sp³-hybridized carbons (Fsp3) is 0.800. The van der Waals surface area contributed by atoms with Crippen molar-refractivity contribution in [3.8, 4) is 0 Å². The fourth-order valence-corrected chi connectivity index (χ4v) is 5.10. The van der Waals surface area contributed by atoms with Crippen molar-refractivity contribution < 1.29 is 5.11 Å². The van der Waals surface area contributed by atoms with Gasteiger partial charge in [0.05, 0.1) is 22.7 Å². The quantitative estimate of drug-likeness (QED) is 0.857. The molecule has 5 heteroatoms. The zero-order valence-electron chi connectivity index (χ0n) is 12.3. The minimum atomic E-state index is -0.309. The lowest BCUT2D eigenvalue weighted by Crippen LogP contribution is -2.56. The van der Waals surface area contributed by atoms with Gasteiger partial charge >= 0.3 is 0 Å². The lowest BCUT2D eigenvalue weighted by Gasteiger charge is -2.46. The Morgan fingerprint density at radius 1 is 1.25 bits per heavy atom. The van der Waals surface area contributed by atoms with Gasteiger partial charge < -0.3 is 5.11 Å². The Morgan fingerprint density at radius 2 is 2.00 bits per heavy atom. The molecule has 2 unspecified atom stereocenters. The van der Waals surface area contributed by atoms with E-state index < -0.39 is 0 Å². The first kappa shape index (κ1) is 13.2. The lowest BCUT2D eigenvalue weighted by molar-refractivity contribution is 0.0122. The van der Waals surface area contributed by atoms with Gasteiger partial charge in [-0.25, -0.2) is 4.98 Å². The van der Waals surface area contributed by atoms with Crippen LogP contribution in [0.15, 0.2) is 0 Å². The lowest BCUT2D eigenvalue weighted by atomic mass is 9.77. The highest BCUT2D eigenvalue weighted by Gasteiger charge is 2.38. The third-order valence-electron chi connectivity index (χ3n) is 5.00. The Labute approximate surface area is 124 Å². The first-order valence-corrected chi connectivity index (χ1v) is 8.47. The maximum absolute atomic E-state index is 10.4. The largest absolute Gasteiger partial charge is 0.387 e. The summed E-state index contributed by atoms with van der Waals surface area (Å²) in [5.74, 6) is 0. The number of piperazine rings is 3. The highest BCUT2D eigenvalue weighted by Crippen LogP contribution is 2.44. The Bertz CT molecular complexity index is 519. The molecule has 4 nitrogen and oxygen atoms in total. The summed E-state index contributed by atoms with van der Waals surface area (Å²) in [5, 5.41) is 11.6. The number of fused-ring (bicyclic) bond motifs is 4. The highest BCUT2D eigenvalue weighted by molar-refractivity contribution is 7.11. The van der Waals surface area contributed by atoms with Crippen molar-refractivity contribution >= 4 is 11.3 Å². The van der Waals surface area contributed by atoms with Gasteiger partial charge in [0.2, 0.25) is 0 Å². The maximum Gasteiger partial charge on any atom is 0.112 e. The third-order valence-corrected chi connectivity index (χ3v) is 6.30. The van der Waals surface area contributed by atoms with Crippen LogP contribution in [-0.4, -0.2) is 52.6 Å². The van der Waals surface area contributed by atoms with Gasteiger partial charge in [-0.05, 0) is 18.3 Å². The number of aliphatic hydroxyl groups excluding tert-OH is 1. The van der Waals surface area contributed by atoms with Crippen LogP contribution in [0.3, 0.4) is 0 Å². The standard InChI is InChI=1S/C15H23N3OS/c1-15(2)7-10-13(12(19)8-15)20-14(16-10)11-9-17-3-5-18(11)6-4-17/h11-12,19H,3-9H2,1-2H3. The molecule has 1 N–H and O–H groups in total. The molecule has 0 spiro atoms. The summed E-state index contributed by atoms with van der Waals surface area (Å²) in [5.41, 5.74) is 1.33. The van der Waals surface area contributed by atoms with E-state index in [2.05, 4.69) is 23.6 Å². The molecule has 3 fully saturated rings. The number of hydrogen-bond donors (Lipinski definition) is 1. The van der Waals surface area contributed by atoms with E-state index in [0.29, 0.717) is 6.04 Å². The van der Waals surface area contributed by atoms with Crippen LogP contribution in [0, 0.1) is 5.41 Å². The topological polar surface area (TPSA) is 39.6 Å². The van der Waals surface area contributed by atoms with E-state index in [4.69, 9.17) is 4.98 Å². The molecule has 0 amide bonds.